The number of halogens is 1. The van der Waals surface area contributed by atoms with Crippen LogP contribution in [0.25, 0.3) is 6.08 Å². The molecule has 1 rings (SSSR count). The van der Waals surface area contributed by atoms with E-state index in [4.69, 9.17) is 11.6 Å². The highest BCUT2D eigenvalue weighted by molar-refractivity contribution is 6.23. The van der Waals surface area contributed by atoms with E-state index in [0.717, 1.165) is 6.42 Å². The third-order valence-corrected chi connectivity index (χ3v) is 6.51. The number of hydrogen-bond acceptors (Lipinski definition) is 0. The highest BCUT2D eigenvalue weighted by Gasteiger charge is 2.20. The van der Waals surface area contributed by atoms with Crippen molar-refractivity contribution in [1.82, 2.24) is 0 Å². The summed E-state index contributed by atoms with van der Waals surface area (Å²) in [7, 11) is 0. The van der Waals surface area contributed by atoms with Gasteiger partial charge in [-0.3, -0.25) is 0 Å². The summed E-state index contributed by atoms with van der Waals surface area (Å²) in [5, 5.41) is 0. The van der Waals surface area contributed by atoms with E-state index in [2.05, 4.69) is 45.5 Å². The summed E-state index contributed by atoms with van der Waals surface area (Å²) in [4.78, 5) is -0.302. The molecule has 0 N–H and O–H groups in total. The summed E-state index contributed by atoms with van der Waals surface area (Å²) in [6.45, 7) is 10.4. The van der Waals surface area contributed by atoms with E-state index in [1.54, 1.807) is 0 Å². The maximum absolute atomic E-state index is 6.61. The molecule has 1 aromatic rings. The molecule has 0 spiro atoms. The smallest absolute Gasteiger partial charge is 0.0641 e. The third kappa shape index (κ3) is 12.8. The predicted octanol–water partition coefficient (Wildman–Crippen LogP) is 10.6. The van der Waals surface area contributed by atoms with Gasteiger partial charge in [0.05, 0.1) is 4.87 Å². The molecule has 0 amide bonds. The lowest BCUT2D eigenvalue weighted by atomic mass is 9.91. The van der Waals surface area contributed by atoms with Gasteiger partial charge in [-0.1, -0.05) is 134 Å². The van der Waals surface area contributed by atoms with E-state index in [1.165, 1.54) is 119 Å². The Bertz CT molecular complexity index is 552. The molecule has 30 heavy (non-hydrogen) atoms. The maximum Gasteiger partial charge on any atom is 0.0641 e. The zero-order chi connectivity index (χ0) is 22.1. The fourth-order valence-electron chi connectivity index (χ4n) is 4.39. The highest BCUT2D eigenvalue weighted by Crippen LogP contribution is 2.32. The predicted molar refractivity (Wildman–Crippen MR) is 139 cm³/mol. The van der Waals surface area contributed by atoms with Crippen LogP contribution < -0.4 is 0 Å². The van der Waals surface area contributed by atoms with Crippen molar-refractivity contribution in [3.05, 3.63) is 41.5 Å². The molecule has 1 aromatic carbocycles. The van der Waals surface area contributed by atoms with Crippen LogP contribution in [0, 0.1) is 0 Å². The van der Waals surface area contributed by atoms with Gasteiger partial charge < -0.3 is 0 Å². The largest absolute Gasteiger partial charge is 0.115 e. The summed E-state index contributed by atoms with van der Waals surface area (Å²) in [6, 6.07) is 6.59. The summed E-state index contributed by atoms with van der Waals surface area (Å²) in [6.07, 6.45) is 25.7. The lowest BCUT2D eigenvalue weighted by molar-refractivity contribution is 0.529. The van der Waals surface area contributed by atoms with Gasteiger partial charge >= 0.3 is 0 Å². The van der Waals surface area contributed by atoms with E-state index < -0.39 is 0 Å². The van der Waals surface area contributed by atoms with Gasteiger partial charge in [0.15, 0.2) is 0 Å². The molecule has 0 aliphatic rings. The van der Waals surface area contributed by atoms with Gasteiger partial charge in [0.25, 0.3) is 0 Å². The molecule has 0 aromatic heterocycles. The van der Waals surface area contributed by atoms with Crippen LogP contribution in [0.5, 0.6) is 0 Å². The van der Waals surface area contributed by atoms with E-state index in [1.807, 2.05) is 6.08 Å². The Hall–Kier alpha value is -0.750. The Morgan fingerprint density at radius 1 is 0.733 bits per heavy atom. The lowest BCUT2D eigenvalue weighted by Crippen LogP contribution is -2.11. The van der Waals surface area contributed by atoms with Gasteiger partial charge in [0.2, 0.25) is 0 Å². The number of unbranched alkanes of at least 4 members (excludes halogenated alkanes) is 15. The molecular formula is C29H49Cl. The van der Waals surface area contributed by atoms with E-state index in [0.29, 0.717) is 0 Å². The van der Waals surface area contributed by atoms with Crippen LogP contribution in [0.2, 0.25) is 0 Å². The molecule has 1 heteroatoms. The molecule has 0 atom stereocenters. The fraction of sp³-hybridized carbons (Fsp3) is 0.724. The monoisotopic (exact) mass is 432 g/mol. The van der Waals surface area contributed by atoms with Crippen molar-refractivity contribution in [3.8, 4) is 0 Å². The van der Waals surface area contributed by atoms with Gasteiger partial charge in [0, 0.05) is 0 Å². The highest BCUT2D eigenvalue weighted by atomic mass is 35.5. The number of alkyl halides is 1. The molecular weight excluding hydrogens is 384 g/mol. The van der Waals surface area contributed by atoms with Crippen LogP contribution >= 0.6 is 11.6 Å². The van der Waals surface area contributed by atoms with Crippen LogP contribution in [0.4, 0.5) is 0 Å². The first-order valence-corrected chi connectivity index (χ1v) is 13.3. The first-order valence-electron chi connectivity index (χ1n) is 12.9. The van der Waals surface area contributed by atoms with E-state index in [9.17, 15) is 0 Å². The van der Waals surface area contributed by atoms with E-state index in [-0.39, 0.29) is 4.87 Å². The van der Waals surface area contributed by atoms with Crippen molar-refractivity contribution < 1.29 is 0 Å². The Morgan fingerprint density at radius 2 is 1.17 bits per heavy atom. The normalized spacial score (nSPS) is 11.7. The number of hydrogen-bond donors (Lipinski definition) is 0. The third-order valence-electron chi connectivity index (χ3n) is 6.31. The van der Waals surface area contributed by atoms with Gasteiger partial charge in [-0.05, 0) is 43.4 Å². The number of rotatable bonds is 19. The van der Waals surface area contributed by atoms with Crippen molar-refractivity contribution >= 4 is 17.7 Å². The molecule has 0 aliphatic carbocycles. The van der Waals surface area contributed by atoms with Crippen LogP contribution in [-0.2, 0) is 11.3 Å². The average molecular weight is 433 g/mol. The first kappa shape index (κ1) is 27.3. The minimum absolute atomic E-state index is 0.302. The van der Waals surface area contributed by atoms with Crippen molar-refractivity contribution in [2.24, 2.45) is 0 Å². The van der Waals surface area contributed by atoms with E-state index >= 15 is 0 Å². The molecule has 0 aliphatic heterocycles. The van der Waals surface area contributed by atoms with Gasteiger partial charge in [-0.2, -0.15) is 0 Å². The fourth-order valence-corrected chi connectivity index (χ4v) is 4.58. The van der Waals surface area contributed by atoms with Crippen LogP contribution in [0.1, 0.15) is 140 Å². The maximum atomic E-state index is 6.61. The lowest BCUT2D eigenvalue weighted by Gasteiger charge is -2.21. The van der Waals surface area contributed by atoms with Crippen molar-refractivity contribution in [3.63, 3.8) is 0 Å². The Labute approximate surface area is 193 Å². The second-order valence-electron chi connectivity index (χ2n) is 9.65. The SMILES string of the molecule is C=Cc1ccc(C(C)(C)Cl)c(CCCCCCCCCCCCCCCCCC)c1. The number of benzene rings is 1. The molecule has 0 saturated carbocycles. The topological polar surface area (TPSA) is 0 Å². The molecule has 0 radical (unpaired) electrons. The zero-order valence-electron chi connectivity index (χ0n) is 20.4. The average Bonchev–Trinajstić information content (AvgIpc) is 2.72. The molecule has 0 saturated heterocycles. The summed E-state index contributed by atoms with van der Waals surface area (Å²) < 4.78 is 0. The second kappa shape index (κ2) is 16.9. The molecule has 0 bridgehead atoms. The van der Waals surface area contributed by atoms with Gasteiger partial charge in [-0.25, -0.2) is 0 Å². The molecule has 0 fully saturated rings. The Kier molecular flexibility index (Phi) is 15.4. The number of aryl methyl sites for hydroxylation is 1. The quantitative estimate of drug-likeness (QED) is 0.150. The summed E-state index contributed by atoms with van der Waals surface area (Å²) in [5.41, 5.74) is 3.87. The minimum Gasteiger partial charge on any atom is -0.115 e. The molecule has 0 heterocycles. The van der Waals surface area contributed by atoms with Crippen LogP contribution in [0.15, 0.2) is 24.8 Å². The molecule has 0 unspecified atom stereocenters. The van der Waals surface area contributed by atoms with Crippen LogP contribution in [-0.4, -0.2) is 0 Å². The minimum atomic E-state index is -0.302. The van der Waals surface area contributed by atoms with Gasteiger partial charge in [0.1, 0.15) is 0 Å². The van der Waals surface area contributed by atoms with Crippen molar-refractivity contribution in [2.75, 3.05) is 0 Å². The Morgan fingerprint density at radius 3 is 1.57 bits per heavy atom. The van der Waals surface area contributed by atoms with Gasteiger partial charge in [-0.15, -0.1) is 11.6 Å². The van der Waals surface area contributed by atoms with Crippen molar-refractivity contribution in [1.29, 1.82) is 0 Å². The summed E-state index contributed by atoms with van der Waals surface area (Å²) in [5.74, 6) is 0. The van der Waals surface area contributed by atoms with Crippen LogP contribution in [0.3, 0.4) is 0 Å². The summed E-state index contributed by atoms with van der Waals surface area (Å²) >= 11 is 6.61. The molecule has 172 valence electrons. The molecule has 0 nitrogen and oxygen atoms in total. The van der Waals surface area contributed by atoms with Crippen molar-refractivity contribution in [2.45, 2.75) is 135 Å². The first-order chi connectivity index (χ1) is 14.5. The standard InChI is InChI=1S/C29H49Cl/c1-5-7-8-9-10-11-12-13-14-15-16-17-18-19-20-21-22-27-25-26(6-2)23-24-28(27)29(3,4)30/h6,23-25H,2,5,7-22H2,1,3-4H3. The zero-order valence-corrected chi connectivity index (χ0v) is 21.2. The Balaban J connectivity index is 2.02. The second-order valence-corrected chi connectivity index (χ2v) is 10.6.